The summed E-state index contributed by atoms with van der Waals surface area (Å²) in [7, 11) is 1.47. The summed E-state index contributed by atoms with van der Waals surface area (Å²) < 4.78 is 24.1. The van der Waals surface area contributed by atoms with Gasteiger partial charge in [-0.05, 0) is 24.3 Å². The van der Waals surface area contributed by atoms with Crippen molar-refractivity contribution in [1.29, 1.82) is 5.26 Å². The highest BCUT2D eigenvalue weighted by Crippen LogP contribution is 2.35. The fraction of sp³-hybridized carbons (Fsp3) is 0.0714. The normalized spacial score (nSPS) is 9.79. The second-order valence-electron chi connectivity index (χ2n) is 3.62. The van der Waals surface area contributed by atoms with Gasteiger partial charge in [0.1, 0.15) is 23.2 Å². The monoisotopic (exact) mass is 277 g/mol. The molecule has 2 aromatic carbocycles. The van der Waals surface area contributed by atoms with E-state index in [0.29, 0.717) is 16.5 Å². The van der Waals surface area contributed by atoms with Crippen molar-refractivity contribution >= 4 is 11.6 Å². The molecule has 0 atom stereocenters. The molecule has 0 aliphatic carbocycles. The van der Waals surface area contributed by atoms with Gasteiger partial charge in [-0.3, -0.25) is 0 Å². The van der Waals surface area contributed by atoms with E-state index in [1.807, 2.05) is 0 Å². The third kappa shape index (κ3) is 2.78. The van der Waals surface area contributed by atoms with E-state index in [1.54, 1.807) is 24.3 Å². The predicted molar refractivity (Wildman–Crippen MR) is 69.2 cm³/mol. The quantitative estimate of drug-likeness (QED) is 0.846. The lowest BCUT2D eigenvalue weighted by Gasteiger charge is -2.11. The number of benzene rings is 2. The zero-order valence-corrected chi connectivity index (χ0v) is 10.7. The van der Waals surface area contributed by atoms with Crippen molar-refractivity contribution in [1.82, 2.24) is 0 Å². The third-order valence-electron chi connectivity index (χ3n) is 2.43. The van der Waals surface area contributed by atoms with Crippen LogP contribution in [0.2, 0.25) is 5.02 Å². The Balaban J connectivity index is 2.42. The summed E-state index contributed by atoms with van der Waals surface area (Å²) >= 11 is 5.83. The summed E-state index contributed by atoms with van der Waals surface area (Å²) in [6.45, 7) is 0. The molecule has 0 amide bonds. The molecule has 96 valence electrons. The summed E-state index contributed by atoms with van der Waals surface area (Å²) in [6, 6.07) is 10.7. The van der Waals surface area contributed by atoms with Crippen LogP contribution >= 0.6 is 11.6 Å². The number of nitriles is 1. The molecule has 0 heterocycles. The van der Waals surface area contributed by atoms with E-state index in [0.717, 1.165) is 0 Å². The largest absolute Gasteiger partial charge is 0.493 e. The summed E-state index contributed by atoms with van der Waals surface area (Å²) in [5, 5.41) is 9.42. The Morgan fingerprint density at radius 3 is 2.63 bits per heavy atom. The topological polar surface area (TPSA) is 42.2 Å². The number of ether oxygens (including phenoxy) is 2. The molecule has 2 rings (SSSR count). The van der Waals surface area contributed by atoms with E-state index < -0.39 is 5.82 Å². The molecule has 5 heteroatoms. The Morgan fingerprint density at radius 2 is 1.95 bits per heavy atom. The van der Waals surface area contributed by atoms with Gasteiger partial charge in [-0.2, -0.15) is 5.26 Å². The minimum Gasteiger partial charge on any atom is -0.493 e. The van der Waals surface area contributed by atoms with Crippen LogP contribution in [0.15, 0.2) is 36.4 Å². The summed E-state index contributed by atoms with van der Waals surface area (Å²) in [5.41, 5.74) is -0.153. The molecule has 0 N–H and O–H groups in total. The van der Waals surface area contributed by atoms with Crippen LogP contribution in [0.1, 0.15) is 5.56 Å². The first-order valence-electron chi connectivity index (χ1n) is 5.35. The molecule has 0 saturated carbocycles. The molecule has 19 heavy (non-hydrogen) atoms. The SMILES string of the molecule is COc1cc(Cl)ccc1Oc1cccc(F)c1C#N. The van der Waals surface area contributed by atoms with Gasteiger partial charge in [-0.1, -0.05) is 17.7 Å². The number of rotatable bonds is 3. The van der Waals surface area contributed by atoms with E-state index >= 15 is 0 Å². The average molecular weight is 278 g/mol. The molecular formula is C14H9ClFNO2. The lowest BCUT2D eigenvalue weighted by Crippen LogP contribution is -1.94. The predicted octanol–water partition coefficient (Wildman–Crippen LogP) is 4.15. The molecule has 0 saturated heterocycles. The zero-order chi connectivity index (χ0) is 13.8. The van der Waals surface area contributed by atoms with Gasteiger partial charge in [0, 0.05) is 11.1 Å². The first-order valence-corrected chi connectivity index (χ1v) is 5.73. The van der Waals surface area contributed by atoms with Crippen LogP contribution in [0.3, 0.4) is 0 Å². The van der Waals surface area contributed by atoms with Crippen molar-refractivity contribution in [2.45, 2.75) is 0 Å². The van der Waals surface area contributed by atoms with Crippen LogP contribution in [0, 0.1) is 17.1 Å². The van der Waals surface area contributed by atoms with Crippen LogP contribution in [-0.2, 0) is 0 Å². The molecule has 3 nitrogen and oxygen atoms in total. The Bertz CT molecular complexity index is 652. The second kappa shape index (κ2) is 5.59. The van der Waals surface area contributed by atoms with Crippen molar-refractivity contribution < 1.29 is 13.9 Å². The highest BCUT2D eigenvalue weighted by Gasteiger charge is 2.12. The lowest BCUT2D eigenvalue weighted by atomic mass is 10.2. The van der Waals surface area contributed by atoms with Gasteiger partial charge in [-0.15, -0.1) is 0 Å². The van der Waals surface area contributed by atoms with Gasteiger partial charge in [-0.25, -0.2) is 4.39 Å². The molecule has 0 aliphatic heterocycles. The smallest absolute Gasteiger partial charge is 0.169 e. The van der Waals surface area contributed by atoms with Gasteiger partial charge < -0.3 is 9.47 Å². The van der Waals surface area contributed by atoms with E-state index in [9.17, 15) is 4.39 Å². The maximum Gasteiger partial charge on any atom is 0.169 e. The van der Waals surface area contributed by atoms with Crippen molar-refractivity contribution in [2.24, 2.45) is 0 Å². The minimum atomic E-state index is -0.632. The van der Waals surface area contributed by atoms with Crippen molar-refractivity contribution in [2.75, 3.05) is 7.11 Å². The molecule has 0 aliphatic rings. The Hall–Kier alpha value is -2.25. The van der Waals surface area contributed by atoms with Gasteiger partial charge in [0.15, 0.2) is 11.5 Å². The molecule has 0 aromatic heterocycles. The van der Waals surface area contributed by atoms with E-state index in [4.69, 9.17) is 26.3 Å². The first-order chi connectivity index (χ1) is 9.15. The maximum atomic E-state index is 13.4. The number of halogens is 2. The summed E-state index contributed by atoms with van der Waals surface area (Å²) in [5.74, 6) is 0.255. The highest BCUT2D eigenvalue weighted by atomic mass is 35.5. The standard InChI is InChI=1S/C14H9ClFNO2/c1-18-14-7-9(15)5-6-13(14)19-12-4-2-3-11(16)10(12)8-17/h2-7H,1H3. The Labute approximate surface area is 114 Å². The minimum absolute atomic E-state index is 0.128. The van der Waals surface area contributed by atoms with Crippen LogP contribution in [0.25, 0.3) is 0 Å². The van der Waals surface area contributed by atoms with Crippen LogP contribution in [-0.4, -0.2) is 7.11 Å². The molecule has 0 bridgehead atoms. The Morgan fingerprint density at radius 1 is 1.16 bits per heavy atom. The third-order valence-corrected chi connectivity index (χ3v) is 2.67. The van der Waals surface area contributed by atoms with Crippen LogP contribution in [0.5, 0.6) is 17.2 Å². The molecule has 2 aromatic rings. The number of hydrogen-bond donors (Lipinski definition) is 0. The van der Waals surface area contributed by atoms with E-state index in [-0.39, 0.29) is 11.3 Å². The van der Waals surface area contributed by atoms with Crippen LogP contribution in [0.4, 0.5) is 4.39 Å². The lowest BCUT2D eigenvalue weighted by molar-refractivity contribution is 0.377. The van der Waals surface area contributed by atoms with Gasteiger partial charge >= 0.3 is 0 Å². The van der Waals surface area contributed by atoms with Gasteiger partial charge in [0.05, 0.1) is 7.11 Å². The second-order valence-corrected chi connectivity index (χ2v) is 4.06. The van der Waals surface area contributed by atoms with E-state index in [1.165, 1.54) is 25.3 Å². The number of methoxy groups -OCH3 is 1. The molecule has 0 unspecified atom stereocenters. The molecule has 0 fully saturated rings. The van der Waals surface area contributed by atoms with Gasteiger partial charge in [0.2, 0.25) is 0 Å². The highest BCUT2D eigenvalue weighted by molar-refractivity contribution is 6.30. The molecule has 0 spiro atoms. The maximum absolute atomic E-state index is 13.4. The van der Waals surface area contributed by atoms with Gasteiger partial charge in [0.25, 0.3) is 0 Å². The fourth-order valence-electron chi connectivity index (χ4n) is 1.54. The average Bonchev–Trinajstić information content (AvgIpc) is 2.41. The summed E-state index contributed by atoms with van der Waals surface area (Å²) in [6.07, 6.45) is 0. The van der Waals surface area contributed by atoms with Crippen molar-refractivity contribution in [3.05, 3.63) is 52.8 Å². The summed E-state index contributed by atoms with van der Waals surface area (Å²) in [4.78, 5) is 0. The first kappa shape index (κ1) is 13.2. The van der Waals surface area contributed by atoms with Crippen molar-refractivity contribution in [3.63, 3.8) is 0 Å². The van der Waals surface area contributed by atoms with E-state index in [2.05, 4.69) is 0 Å². The molecule has 0 radical (unpaired) electrons. The Kier molecular flexibility index (Phi) is 3.88. The zero-order valence-electron chi connectivity index (χ0n) is 9.98. The fourth-order valence-corrected chi connectivity index (χ4v) is 1.70. The number of hydrogen-bond acceptors (Lipinski definition) is 3. The number of nitrogens with zero attached hydrogens (tertiary/aromatic N) is 1. The molecular weight excluding hydrogens is 269 g/mol. The van der Waals surface area contributed by atoms with Crippen molar-refractivity contribution in [3.8, 4) is 23.3 Å². The van der Waals surface area contributed by atoms with Crippen LogP contribution < -0.4 is 9.47 Å².